The van der Waals surface area contributed by atoms with E-state index in [-0.39, 0.29) is 28.3 Å². The molecule has 0 aliphatic heterocycles. The van der Waals surface area contributed by atoms with Crippen molar-refractivity contribution in [3.8, 4) is 5.75 Å². The van der Waals surface area contributed by atoms with Crippen LogP contribution in [0.3, 0.4) is 0 Å². The van der Waals surface area contributed by atoms with Crippen LogP contribution >= 0.6 is 0 Å². The zero-order valence-electron chi connectivity index (χ0n) is 13.6. The summed E-state index contributed by atoms with van der Waals surface area (Å²) < 4.78 is 0. The zero-order chi connectivity index (χ0) is 16.9. The van der Waals surface area contributed by atoms with Crippen molar-refractivity contribution < 1.29 is 19.8 Å². The predicted octanol–water partition coefficient (Wildman–Crippen LogP) is 3.64. The third-order valence-corrected chi connectivity index (χ3v) is 6.22. The highest BCUT2D eigenvalue weighted by atomic mass is 16.4. The minimum Gasteiger partial charge on any atom is -0.506 e. The van der Waals surface area contributed by atoms with Crippen LogP contribution in [0.15, 0.2) is 18.2 Å². The van der Waals surface area contributed by atoms with Crippen molar-refractivity contribution in [2.45, 2.75) is 44.9 Å². The number of benzene rings is 1. The Bertz CT molecular complexity index is 661. The van der Waals surface area contributed by atoms with Crippen LogP contribution in [0.5, 0.6) is 5.75 Å². The maximum atomic E-state index is 12.5. The molecule has 128 valence electrons. The van der Waals surface area contributed by atoms with E-state index in [2.05, 4.69) is 5.32 Å². The van der Waals surface area contributed by atoms with E-state index < -0.39 is 5.97 Å². The second-order valence-electron chi connectivity index (χ2n) is 8.18. The van der Waals surface area contributed by atoms with Crippen molar-refractivity contribution in [1.29, 1.82) is 0 Å². The average Bonchev–Trinajstić information content (AvgIpc) is 2.47. The molecule has 5 nitrogen and oxygen atoms in total. The second-order valence-corrected chi connectivity index (χ2v) is 8.18. The summed E-state index contributed by atoms with van der Waals surface area (Å²) in [6.45, 7) is 0. The molecular formula is C19H23NO4. The fourth-order valence-corrected chi connectivity index (χ4v) is 5.81. The lowest BCUT2D eigenvalue weighted by molar-refractivity contribution is -0.124. The minimum atomic E-state index is -1.10. The number of rotatable bonds is 4. The monoisotopic (exact) mass is 329 g/mol. The van der Waals surface area contributed by atoms with Gasteiger partial charge in [0.1, 0.15) is 5.75 Å². The highest BCUT2D eigenvalue weighted by Crippen LogP contribution is 2.61. The fourth-order valence-electron chi connectivity index (χ4n) is 5.81. The van der Waals surface area contributed by atoms with Crippen LogP contribution in [0, 0.1) is 23.2 Å². The molecule has 4 fully saturated rings. The fraction of sp³-hybridized carbons (Fsp3) is 0.579. The molecular weight excluding hydrogens is 306 g/mol. The number of nitrogens with one attached hydrogen (secondary N) is 1. The van der Waals surface area contributed by atoms with Gasteiger partial charge in [0.05, 0.1) is 11.3 Å². The lowest BCUT2D eigenvalue weighted by Gasteiger charge is -2.56. The van der Waals surface area contributed by atoms with E-state index in [4.69, 9.17) is 5.11 Å². The normalized spacial score (nSPS) is 33.4. The number of carboxylic acid groups (broad SMARTS) is 1. The topological polar surface area (TPSA) is 86.6 Å². The molecule has 0 heterocycles. The van der Waals surface area contributed by atoms with E-state index in [1.54, 1.807) is 0 Å². The van der Waals surface area contributed by atoms with Crippen molar-refractivity contribution >= 4 is 17.6 Å². The highest BCUT2D eigenvalue weighted by molar-refractivity contribution is 5.94. The molecule has 4 aliphatic carbocycles. The number of phenolic OH excluding ortho intramolecular Hbond substituents is 1. The van der Waals surface area contributed by atoms with Crippen LogP contribution in [-0.4, -0.2) is 22.1 Å². The average molecular weight is 329 g/mol. The van der Waals surface area contributed by atoms with E-state index in [0.717, 1.165) is 37.0 Å². The number of hydrogen-bond donors (Lipinski definition) is 3. The maximum absolute atomic E-state index is 12.5. The first-order valence-corrected chi connectivity index (χ1v) is 8.79. The molecule has 5 heteroatoms. The van der Waals surface area contributed by atoms with E-state index in [0.29, 0.717) is 6.42 Å². The first kappa shape index (κ1) is 15.5. The van der Waals surface area contributed by atoms with Crippen molar-refractivity contribution in [2.75, 3.05) is 5.32 Å². The molecule has 4 aliphatic rings. The van der Waals surface area contributed by atoms with Gasteiger partial charge in [-0.05, 0) is 79.9 Å². The zero-order valence-corrected chi connectivity index (χ0v) is 13.6. The van der Waals surface area contributed by atoms with Crippen LogP contribution in [-0.2, 0) is 4.79 Å². The summed E-state index contributed by atoms with van der Waals surface area (Å²) in [4.78, 5) is 23.4. The Labute approximate surface area is 141 Å². The summed E-state index contributed by atoms with van der Waals surface area (Å²) in [5, 5.41) is 21.6. The molecule has 24 heavy (non-hydrogen) atoms. The summed E-state index contributed by atoms with van der Waals surface area (Å²) in [7, 11) is 0. The van der Waals surface area contributed by atoms with Gasteiger partial charge in [-0.25, -0.2) is 4.79 Å². The van der Waals surface area contributed by atoms with Gasteiger partial charge in [0.15, 0.2) is 0 Å². The van der Waals surface area contributed by atoms with Crippen LogP contribution in [0.4, 0.5) is 5.69 Å². The van der Waals surface area contributed by atoms with Gasteiger partial charge in [-0.3, -0.25) is 4.79 Å². The molecule has 4 bridgehead atoms. The quantitative estimate of drug-likeness (QED) is 0.736. The number of aromatic hydroxyl groups is 1. The smallest absolute Gasteiger partial charge is 0.335 e. The molecule has 0 radical (unpaired) electrons. The Hall–Kier alpha value is -2.04. The van der Waals surface area contributed by atoms with Crippen LogP contribution in [0.2, 0.25) is 0 Å². The highest BCUT2D eigenvalue weighted by Gasteiger charge is 2.51. The van der Waals surface area contributed by atoms with Crippen molar-refractivity contribution in [3.05, 3.63) is 23.8 Å². The summed E-state index contributed by atoms with van der Waals surface area (Å²) in [6.07, 6.45) is 8.04. The first-order chi connectivity index (χ1) is 11.4. The van der Waals surface area contributed by atoms with Gasteiger partial charge < -0.3 is 15.5 Å². The largest absolute Gasteiger partial charge is 0.506 e. The molecule has 1 amide bonds. The lowest BCUT2D eigenvalue weighted by atomic mass is 9.49. The Kier molecular flexibility index (Phi) is 3.55. The third kappa shape index (κ3) is 2.76. The number of carboxylic acids is 1. The Balaban J connectivity index is 1.45. The summed E-state index contributed by atoms with van der Waals surface area (Å²) in [5.41, 5.74) is 0.441. The molecule has 1 aromatic carbocycles. The van der Waals surface area contributed by atoms with Gasteiger partial charge in [0.25, 0.3) is 0 Å². The van der Waals surface area contributed by atoms with Crippen molar-refractivity contribution in [1.82, 2.24) is 0 Å². The first-order valence-electron chi connectivity index (χ1n) is 8.79. The van der Waals surface area contributed by atoms with Crippen molar-refractivity contribution in [3.63, 3.8) is 0 Å². The van der Waals surface area contributed by atoms with Crippen LogP contribution in [0.1, 0.15) is 55.3 Å². The molecule has 0 atom stereocenters. The number of carbonyl (C=O) groups excluding carboxylic acids is 1. The van der Waals surface area contributed by atoms with E-state index in [1.165, 1.54) is 37.5 Å². The van der Waals surface area contributed by atoms with Gasteiger partial charge >= 0.3 is 5.97 Å². The van der Waals surface area contributed by atoms with Gasteiger partial charge in [-0.15, -0.1) is 0 Å². The number of phenols is 1. The molecule has 0 spiro atoms. The van der Waals surface area contributed by atoms with E-state index in [1.807, 2.05) is 0 Å². The minimum absolute atomic E-state index is 0.00610. The van der Waals surface area contributed by atoms with Crippen molar-refractivity contribution in [2.24, 2.45) is 23.2 Å². The molecule has 1 aromatic rings. The number of carbonyl (C=O) groups is 2. The van der Waals surface area contributed by atoms with Gasteiger partial charge in [0.2, 0.25) is 5.91 Å². The van der Waals surface area contributed by atoms with Crippen LogP contribution in [0.25, 0.3) is 0 Å². The lowest BCUT2D eigenvalue weighted by Crippen LogP contribution is -2.47. The van der Waals surface area contributed by atoms with Gasteiger partial charge in [0, 0.05) is 6.42 Å². The predicted molar refractivity (Wildman–Crippen MR) is 88.9 cm³/mol. The van der Waals surface area contributed by atoms with Gasteiger partial charge in [-0.1, -0.05) is 0 Å². The molecule has 5 rings (SSSR count). The number of hydrogen-bond acceptors (Lipinski definition) is 3. The number of aromatic carboxylic acids is 1. The molecule has 0 aromatic heterocycles. The number of amides is 1. The Morgan fingerprint density at radius 3 is 2.17 bits per heavy atom. The van der Waals surface area contributed by atoms with E-state index >= 15 is 0 Å². The Morgan fingerprint density at radius 2 is 1.67 bits per heavy atom. The van der Waals surface area contributed by atoms with Crippen LogP contribution < -0.4 is 5.32 Å². The molecule has 3 N–H and O–H groups in total. The molecule has 0 saturated heterocycles. The Morgan fingerprint density at radius 1 is 1.08 bits per heavy atom. The maximum Gasteiger partial charge on any atom is 0.335 e. The standard InChI is InChI=1S/C19H23NO4/c21-16-6-14(18(23)24)1-2-15(16)20-17(22)10-19-7-11-3-12(8-19)5-13(4-11)9-19/h1-2,6,11-13,21H,3-5,7-10H2,(H,20,22)(H,23,24). The summed E-state index contributed by atoms with van der Waals surface area (Å²) >= 11 is 0. The molecule has 4 saturated carbocycles. The second kappa shape index (κ2) is 5.50. The summed E-state index contributed by atoms with van der Waals surface area (Å²) in [6, 6.07) is 4.02. The SMILES string of the molecule is O=C(CC12CC3CC(CC(C3)C1)C2)Nc1ccc(C(=O)O)cc1O. The summed E-state index contributed by atoms with van der Waals surface area (Å²) in [5.74, 6) is 1.02. The number of anilines is 1. The molecule has 0 unspecified atom stereocenters. The van der Waals surface area contributed by atoms with E-state index in [9.17, 15) is 14.7 Å². The third-order valence-electron chi connectivity index (χ3n) is 6.22. The van der Waals surface area contributed by atoms with Gasteiger partial charge in [-0.2, -0.15) is 0 Å².